The zero-order valence-corrected chi connectivity index (χ0v) is 17.9. The Bertz CT molecular complexity index is 837. The normalized spacial score (nSPS) is 17.4. The smallest absolute Gasteiger partial charge is 0.254 e. The summed E-state index contributed by atoms with van der Waals surface area (Å²) in [6, 6.07) is 9.63. The first-order valence-electron chi connectivity index (χ1n) is 10.1. The van der Waals surface area contributed by atoms with E-state index in [0.29, 0.717) is 42.2 Å². The quantitative estimate of drug-likeness (QED) is 0.406. The van der Waals surface area contributed by atoms with Crippen LogP contribution in [0.3, 0.4) is 0 Å². The van der Waals surface area contributed by atoms with Crippen LogP contribution in [0.4, 0.5) is 5.82 Å². The highest BCUT2D eigenvalue weighted by atomic mass is 35.5. The van der Waals surface area contributed by atoms with Crippen molar-refractivity contribution in [3.63, 3.8) is 0 Å². The summed E-state index contributed by atoms with van der Waals surface area (Å²) < 4.78 is 5.31. The Balaban J connectivity index is 1.37. The third kappa shape index (κ3) is 5.41. The lowest BCUT2D eigenvalue weighted by Gasteiger charge is -2.27. The molecule has 0 N–H and O–H groups in total. The number of hydrogen-bond donors (Lipinski definition) is 0. The van der Waals surface area contributed by atoms with E-state index in [1.54, 1.807) is 11.8 Å². The standard InChI is InChI=1S/C21H25ClN4O2S/c22-18-14-19(25-8-2-1-3-9-25)24-21(23-18)29-15-16-4-6-17(7-5-16)20(27)26-10-12-28-13-11-26/h4-7,14H,1-3,8-13,15H2. The van der Waals surface area contributed by atoms with Gasteiger partial charge in [-0.15, -0.1) is 0 Å². The van der Waals surface area contributed by atoms with E-state index in [1.165, 1.54) is 19.3 Å². The molecule has 29 heavy (non-hydrogen) atoms. The van der Waals surface area contributed by atoms with Gasteiger partial charge >= 0.3 is 0 Å². The van der Waals surface area contributed by atoms with Crippen molar-refractivity contribution < 1.29 is 9.53 Å². The van der Waals surface area contributed by atoms with Crippen LogP contribution in [0.1, 0.15) is 35.2 Å². The number of nitrogens with zero attached hydrogens (tertiary/aromatic N) is 4. The summed E-state index contributed by atoms with van der Waals surface area (Å²) in [6.45, 7) is 4.58. The van der Waals surface area contributed by atoms with Gasteiger partial charge in [-0.1, -0.05) is 35.5 Å². The Labute approximate surface area is 180 Å². The minimum absolute atomic E-state index is 0.0665. The van der Waals surface area contributed by atoms with E-state index < -0.39 is 0 Å². The lowest BCUT2D eigenvalue weighted by atomic mass is 10.1. The fraction of sp³-hybridized carbons (Fsp3) is 0.476. The molecular formula is C21H25ClN4O2S. The summed E-state index contributed by atoms with van der Waals surface area (Å²) in [5.41, 5.74) is 1.84. The highest BCUT2D eigenvalue weighted by Gasteiger charge is 2.18. The van der Waals surface area contributed by atoms with Gasteiger partial charge in [-0.3, -0.25) is 4.79 Å². The number of morpholine rings is 1. The fourth-order valence-corrected chi connectivity index (χ4v) is 4.61. The minimum atomic E-state index is 0.0665. The average Bonchev–Trinajstić information content (AvgIpc) is 2.78. The Kier molecular flexibility index (Phi) is 6.90. The first-order chi connectivity index (χ1) is 14.2. The zero-order valence-electron chi connectivity index (χ0n) is 16.3. The molecule has 1 aromatic heterocycles. The Morgan fingerprint density at radius 1 is 1.03 bits per heavy atom. The van der Waals surface area contributed by atoms with Crippen molar-refractivity contribution in [2.75, 3.05) is 44.3 Å². The van der Waals surface area contributed by atoms with Gasteiger partial charge in [0, 0.05) is 43.6 Å². The van der Waals surface area contributed by atoms with E-state index in [2.05, 4.69) is 9.88 Å². The van der Waals surface area contributed by atoms with Gasteiger partial charge in [0.2, 0.25) is 0 Å². The molecule has 0 saturated carbocycles. The summed E-state index contributed by atoms with van der Waals surface area (Å²) in [6.07, 6.45) is 3.67. The number of thioether (sulfide) groups is 1. The number of anilines is 1. The minimum Gasteiger partial charge on any atom is -0.378 e. The van der Waals surface area contributed by atoms with Crippen LogP contribution in [-0.4, -0.2) is 60.2 Å². The Morgan fingerprint density at radius 2 is 1.76 bits per heavy atom. The molecule has 1 amide bonds. The summed E-state index contributed by atoms with van der Waals surface area (Å²) in [4.78, 5) is 25.7. The Morgan fingerprint density at radius 3 is 2.48 bits per heavy atom. The van der Waals surface area contributed by atoms with E-state index in [9.17, 15) is 4.79 Å². The monoisotopic (exact) mass is 432 g/mol. The molecule has 0 bridgehead atoms. The van der Waals surface area contributed by atoms with Crippen molar-refractivity contribution in [1.82, 2.24) is 14.9 Å². The van der Waals surface area contributed by atoms with Gasteiger partial charge < -0.3 is 14.5 Å². The van der Waals surface area contributed by atoms with Crippen molar-refractivity contribution in [2.45, 2.75) is 30.2 Å². The first kappa shape index (κ1) is 20.4. The van der Waals surface area contributed by atoms with E-state index in [1.807, 2.05) is 35.2 Å². The van der Waals surface area contributed by atoms with Crippen LogP contribution < -0.4 is 4.90 Å². The van der Waals surface area contributed by atoms with Crippen LogP contribution in [0.25, 0.3) is 0 Å². The molecule has 0 aliphatic carbocycles. The molecular weight excluding hydrogens is 408 g/mol. The van der Waals surface area contributed by atoms with Crippen molar-refractivity contribution in [1.29, 1.82) is 0 Å². The number of hydrogen-bond acceptors (Lipinski definition) is 6. The first-order valence-corrected chi connectivity index (χ1v) is 11.4. The Hall–Kier alpha value is -1.83. The molecule has 3 heterocycles. The molecule has 0 radical (unpaired) electrons. The second-order valence-electron chi connectivity index (χ2n) is 7.27. The van der Waals surface area contributed by atoms with Crippen molar-refractivity contribution in [2.24, 2.45) is 0 Å². The van der Waals surface area contributed by atoms with Crippen molar-refractivity contribution in [3.05, 3.63) is 46.6 Å². The van der Waals surface area contributed by atoms with Gasteiger partial charge in [0.05, 0.1) is 13.2 Å². The number of ether oxygens (including phenoxy) is 1. The molecule has 8 heteroatoms. The molecule has 0 unspecified atom stereocenters. The fourth-order valence-electron chi connectivity index (χ4n) is 3.58. The molecule has 2 fully saturated rings. The maximum Gasteiger partial charge on any atom is 0.254 e. The predicted octanol–water partition coefficient (Wildman–Crippen LogP) is 3.89. The van der Waals surface area contributed by atoms with Crippen LogP contribution in [-0.2, 0) is 10.5 Å². The maximum absolute atomic E-state index is 12.5. The van der Waals surface area contributed by atoms with E-state index >= 15 is 0 Å². The molecule has 0 atom stereocenters. The molecule has 4 rings (SSSR count). The number of aromatic nitrogens is 2. The predicted molar refractivity (Wildman–Crippen MR) is 116 cm³/mol. The molecule has 154 valence electrons. The van der Waals surface area contributed by atoms with Gasteiger partial charge in [-0.05, 0) is 37.0 Å². The van der Waals surface area contributed by atoms with Crippen molar-refractivity contribution in [3.8, 4) is 0 Å². The van der Waals surface area contributed by atoms with Crippen LogP contribution in [0, 0.1) is 0 Å². The summed E-state index contributed by atoms with van der Waals surface area (Å²) in [5, 5.41) is 1.17. The summed E-state index contributed by atoms with van der Waals surface area (Å²) >= 11 is 7.80. The summed E-state index contributed by atoms with van der Waals surface area (Å²) in [7, 11) is 0. The number of carbonyl (C=O) groups is 1. The molecule has 2 aromatic rings. The third-order valence-electron chi connectivity index (χ3n) is 5.21. The van der Waals surface area contributed by atoms with Crippen LogP contribution in [0.5, 0.6) is 0 Å². The topological polar surface area (TPSA) is 58.6 Å². The van der Waals surface area contributed by atoms with Crippen LogP contribution >= 0.6 is 23.4 Å². The van der Waals surface area contributed by atoms with Gasteiger partial charge in [0.25, 0.3) is 5.91 Å². The van der Waals surface area contributed by atoms with Crippen molar-refractivity contribution >= 4 is 35.1 Å². The lowest BCUT2D eigenvalue weighted by Crippen LogP contribution is -2.40. The molecule has 0 spiro atoms. The molecule has 2 saturated heterocycles. The zero-order chi connectivity index (χ0) is 20.1. The molecule has 6 nitrogen and oxygen atoms in total. The van der Waals surface area contributed by atoms with Crippen LogP contribution in [0.2, 0.25) is 5.15 Å². The number of benzene rings is 1. The number of carbonyl (C=O) groups excluding carboxylic acids is 1. The van der Waals surface area contributed by atoms with Crippen LogP contribution in [0.15, 0.2) is 35.5 Å². The van der Waals surface area contributed by atoms with Gasteiger partial charge in [0.1, 0.15) is 11.0 Å². The van der Waals surface area contributed by atoms with E-state index in [0.717, 1.165) is 30.2 Å². The van der Waals surface area contributed by atoms with E-state index in [-0.39, 0.29) is 5.91 Å². The average molecular weight is 433 g/mol. The van der Waals surface area contributed by atoms with Gasteiger partial charge in [-0.2, -0.15) is 0 Å². The highest BCUT2D eigenvalue weighted by Crippen LogP contribution is 2.26. The highest BCUT2D eigenvalue weighted by molar-refractivity contribution is 7.98. The molecule has 2 aliphatic rings. The third-order valence-corrected chi connectivity index (χ3v) is 6.32. The number of rotatable bonds is 5. The van der Waals surface area contributed by atoms with Gasteiger partial charge in [-0.25, -0.2) is 9.97 Å². The lowest BCUT2D eigenvalue weighted by molar-refractivity contribution is 0.0303. The van der Waals surface area contributed by atoms with E-state index in [4.69, 9.17) is 21.3 Å². The number of piperidine rings is 1. The number of halogens is 1. The second-order valence-corrected chi connectivity index (χ2v) is 8.60. The second kappa shape index (κ2) is 9.78. The summed E-state index contributed by atoms with van der Waals surface area (Å²) in [5.74, 6) is 1.71. The number of amides is 1. The van der Waals surface area contributed by atoms with Gasteiger partial charge in [0.15, 0.2) is 5.16 Å². The molecule has 2 aliphatic heterocycles. The largest absolute Gasteiger partial charge is 0.378 e. The SMILES string of the molecule is O=C(c1ccc(CSc2nc(Cl)cc(N3CCCCC3)n2)cc1)N1CCOCC1. The maximum atomic E-state index is 12.5. The molecule has 1 aromatic carbocycles.